The van der Waals surface area contributed by atoms with Gasteiger partial charge in [-0.2, -0.15) is 0 Å². The molecule has 2 heterocycles. The molecule has 0 saturated carbocycles. The zero-order valence-corrected chi connectivity index (χ0v) is 17.5. The number of benzene rings is 2. The first-order valence-corrected chi connectivity index (χ1v) is 10.8. The molecule has 3 aromatic rings. The van der Waals surface area contributed by atoms with Crippen molar-refractivity contribution in [3.63, 3.8) is 0 Å². The Hall–Kier alpha value is -2.44. The van der Waals surface area contributed by atoms with Gasteiger partial charge in [0.2, 0.25) is 0 Å². The summed E-state index contributed by atoms with van der Waals surface area (Å²) in [6, 6.07) is 12.8. The minimum absolute atomic E-state index is 0.285. The molecule has 1 saturated heterocycles. The van der Waals surface area contributed by atoms with E-state index in [4.69, 9.17) is 14.0 Å². The van der Waals surface area contributed by atoms with Crippen LogP contribution in [0.2, 0.25) is 0 Å². The second-order valence-corrected chi connectivity index (χ2v) is 7.85. The molecule has 30 heavy (non-hydrogen) atoms. The number of likely N-dealkylation sites (tertiary alicyclic amines) is 1. The number of piperidine rings is 1. The molecule has 1 aliphatic rings. The van der Waals surface area contributed by atoms with Gasteiger partial charge in [-0.15, -0.1) is 0 Å². The maximum atomic E-state index is 13.3. The highest BCUT2D eigenvalue weighted by Crippen LogP contribution is 2.32. The van der Waals surface area contributed by atoms with Crippen molar-refractivity contribution in [1.82, 2.24) is 10.1 Å². The number of fused-ring (bicyclic) bond motifs is 1. The molecular weight excluding hydrogens is 383 g/mol. The standard InChI is InChI=1S/C24H29FN2O3/c1-2-18-4-7-21(8-5-18)29-17-28-15-3-12-27-13-10-19(11-14-27)24-22-9-6-20(25)16-23(22)30-26-24/h4-9,16,19H,2-3,10-15,17H2,1H3. The zero-order valence-electron chi connectivity index (χ0n) is 17.5. The molecule has 0 atom stereocenters. The van der Waals surface area contributed by atoms with E-state index in [2.05, 4.69) is 29.1 Å². The summed E-state index contributed by atoms with van der Waals surface area (Å²) in [5, 5.41) is 5.16. The van der Waals surface area contributed by atoms with Crippen molar-refractivity contribution in [2.45, 2.75) is 38.5 Å². The molecule has 4 rings (SSSR count). The molecule has 1 aliphatic heterocycles. The molecule has 0 spiro atoms. The van der Waals surface area contributed by atoms with Crippen molar-refractivity contribution >= 4 is 11.0 Å². The fraction of sp³-hybridized carbons (Fsp3) is 0.458. The predicted octanol–water partition coefficient (Wildman–Crippen LogP) is 5.15. The minimum Gasteiger partial charge on any atom is -0.468 e. The number of aryl methyl sites for hydroxylation is 1. The average Bonchev–Trinajstić information content (AvgIpc) is 3.20. The summed E-state index contributed by atoms with van der Waals surface area (Å²) in [6.07, 6.45) is 4.09. The summed E-state index contributed by atoms with van der Waals surface area (Å²) < 4.78 is 29.9. The highest BCUT2D eigenvalue weighted by molar-refractivity contribution is 5.79. The lowest BCUT2D eigenvalue weighted by Gasteiger charge is -2.31. The van der Waals surface area contributed by atoms with E-state index in [0.29, 0.717) is 18.1 Å². The summed E-state index contributed by atoms with van der Waals surface area (Å²) in [7, 11) is 0. The van der Waals surface area contributed by atoms with E-state index in [-0.39, 0.29) is 12.6 Å². The summed E-state index contributed by atoms with van der Waals surface area (Å²) in [5.74, 6) is 0.927. The Morgan fingerprint density at radius 3 is 2.70 bits per heavy atom. The number of nitrogens with zero attached hydrogens (tertiary/aromatic N) is 2. The van der Waals surface area contributed by atoms with Gasteiger partial charge >= 0.3 is 0 Å². The van der Waals surface area contributed by atoms with E-state index in [1.165, 1.54) is 17.7 Å². The molecule has 0 N–H and O–H groups in total. The van der Waals surface area contributed by atoms with E-state index in [9.17, 15) is 4.39 Å². The first-order chi connectivity index (χ1) is 14.7. The van der Waals surface area contributed by atoms with E-state index < -0.39 is 0 Å². The number of hydrogen-bond acceptors (Lipinski definition) is 5. The van der Waals surface area contributed by atoms with Crippen molar-refractivity contribution < 1.29 is 18.4 Å². The first kappa shape index (κ1) is 20.8. The molecule has 0 aliphatic carbocycles. The summed E-state index contributed by atoms with van der Waals surface area (Å²) in [4.78, 5) is 2.46. The van der Waals surface area contributed by atoms with Crippen molar-refractivity contribution in [3.8, 4) is 5.75 Å². The minimum atomic E-state index is -0.290. The number of rotatable bonds is 9. The third-order valence-corrected chi connectivity index (χ3v) is 5.84. The quantitative estimate of drug-likeness (QED) is 0.359. The lowest BCUT2D eigenvalue weighted by Crippen LogP contribution is -2.34. The molecule has 5 nitrogen and oxygen atoms in total. The fourth-order valence-electron chi connectivity index (χ4n) is 4.04. The Kier molecular flexibility index (Phi) is 6.97. The largest absolute Gasteiger partial charge is 0.468 e. The SMILES string of the molecule is CCc1ccc(OCOCCCN2CCC(c3noc4cc(F)ccc34)CC2)cc1. The Balaban J connectivity index is 1.13. The molecule has 1 fully saturated rings. The fourth-order valence-corrected chi connectivity index (χ4v) is 4.04. The number of ether oxygens (including phenoxy) is 2. The number of aromatic nitrogens is 1. The van der Waals surface area contributed by atoms with Crippen LogP contribution in [0.1, 0.15) is 43.4 Å². The van der Waals surface area contributed by atoms with Gasteiger partial charge in [-0.25, -0.2) is 4.39 Å². The van der Waals surface area contributed by atoms with Crippen molar-refractivity contribution in [1.29, 1.82) is 0 Å². The highest BCUT2D eigenvalue weighted by atomic mass is 19.1. The van der Waals surface area contributed by atoms with Gasteiger partial charge < -0.3 is 18.9 Å². The summed E-state index contributed by atoms with van der Waals surface area (Å²) >= 11 is 0. The molecular formula is C24H29FN2O3. The van der Waals surface area contributed by atoms with E-state index in [1.54, 1.807) is 6.07 Å². The third-order valence-electron chi connectivity index (χ3n) is 5.84. The Morgan fingerprint density at radius 1 is 1.13 bits per heavy atom. The van der Waals surface area contributed by atoms with Crippen LogP contribution in [0.15, 0.2) is 47.0 Å². The van der Waals surface area contributed by atoms with E-state index in [0.717, 1.165) is 62.1 Å². The molecule has 6 heteroatoms. The highest BCUT2D eigenvalue weighted by Gasteiger charge is 2.24. The van der Waals surface area contributed by atoms with Crippen LogP contribution in [0.25, 0.3) is 11.0 Å². The lowest BCUT2D eigenvalue weighted by molar-refractivity contribution is 0.0106. The average molecular weight is 413 g/mol. The molecule has 0 bridgehead atoms. The molecule has 1 aromatic heterocycles. The van der Waals surface area contributed by atoms with Crippen LogP contribution in [0.5, 0.6) is 5.75 Å². The van der Waals surface area contributed by atoms with Crippen molar-refractivity contribution in [2.75, 3.05) is 33.0 Å². The molecule has 0 amide bonds. The van der Waals surface area contributed by atoms with Crippen molar-refractivity contribution in [2.24, 2.45) is 0 Å². The predicted molar refractivity (Wildman–Crippen MR) is 114 cm³/mol. The second-order valence-electron chi connectivity index (χ2n) is 7.85. The van der Waals surface area contributed by atoms with Crippen LogP contribution < -0.4 is 4.74 Å². The van der Waals surface area contributed by atoms with Gasteiger partial charge in [0.25, 0.3) is 0 Å². The van der Waals surface area contributed by atoms with Gasteiger partial charge in [-0.05, 0) is 68.6 Å². The maximum Gasteiger partial charge on any atom is 0.189 e. The summed E-state index contributed by atoms with van der Waals surface area (Å²) in [5.41, 5.74) is 2.81. The topological polar surface area (TPSA) is 47.7 Å². The normalized spacial score (nSPS) is 15.7. The van der Waals surface area contributed by atoms with Crippen LogP contribution in [0, 0.1) is 5.82 Å². The Bertz CT molecular complexity index is 933. The van der Waals surface area contributed by atoms with Crippen LogP contribution in [0.4, 0.5) is 4.39 Å². The van der Waals surface area contributed by atoms with Crippen LogP contribution in [-0.4, -0.2) is 43.1 Å². The number of hydrogen-bond donors (Lipinski definition) is 0. The van der Waals surface area contributed by atoms with Crippen molar-refractivity contribution in [3.05, 3.63) is 59.5 Å². The van der Waals surface area contributed by atoms with Crippen LogP contribution >= 0.6 is 0 Å². The first-order valence-electron chi connectivity index (χ1n) is 10.8. The summed E-state index contributed by atoms with van der Waals surface area (Å²) in [6.45, 7) is 6.18. The Labute approximate surface area is 176 Å². The Morgan fingerprint density at radius 2 is 1.93 bits per heavy atom. The molecule has 2 aromatic carbocycles. The third kappa shape index (κ3) is 5.18. The lowest BCUT2D eigenvalue weighted by atomic mass is 9.91. The smallest absolute Gasteiger partial charge is 0.189 e. The van der Waals surface area contributed by atoms with Gasteiger partial charge in [0.15, 0.2) is 12.4 Å². The van der Waals surface area contributed by atoms with Gasteiger partial charge in [0.05, 0.1) is 12.3 Å². The second kappa shape index (κ2) is 10.0. The van der Waals surface area contributed by atoms with E-state index in [1.807, 2.05) is 12.1 Å². The van der Waals surface area contributed by atoms with Gasteiger partial charge in [-0.3, -0.25) is 0 Å². The van der Waals surface area contributed by atoms with Crippen LogP contribution in [0.3, 0.4) is 0 Å². The van der Waals surface area contributed by atoms with E-state index >= 15 is 0 Å². The molecule has 0 radical (unpaired) electrons. The van der Waals surface area contributed by atoms with Gasteiger partial charge in [-0.1, -0.05) is 24.2 Å². The molecule has 160 valence electrons. The maximum absolute atomic E-state index is 13.3. The number of halogens is 1. The van der Waals surface area contributed by atoms with Crippen LogP contribution in [-0.2, 0) is 11.2 Å². The van der Waals surface area contributed by atoms with Gasteiger partial charge in [0.1, 0.15) is 11.6 Å². The zero-order chi connectivity index (χ0) is 20.8. The van der Waals surface area contributed by atoms with Gasteiger partial charge in [0, 0.05) is 23.9 Å². The monoisotopic (exact) mass is 412 g/mol. The molecule has 0 unspecified atom stereocenters.